The van der Waals surface area contributed by atoms with E-state index in [0.717, 1.165) is 24.3 Å². The van der Waals surface area contributed by atoms with Crippen LogP contribution in [0.1, 0.15) is 5.56 Å². The van der Waals surface area contributed by atoms with E-state index < -0.39 is 23.4 Å². The van der Waals surface area contributed by atoms with Crippen molar-refractivity contribution in [2.45, 2.75) is 6.18 Å². The summed E-state index contributed by atoms with van der Waals surface area (Å²) in [4.78, 5) is 0. The van der Waals surface area contributed by atoms with Crippen molar-refractivity contribution < 1.29 is 22.0 Å². The largest absolute Gasteiger partial charge is 0.417 e. The number of rotatable bonds is 1. The zero-order valence-electron chi connectivity index (χ0n) is 9.43. The predicted molar refractivity (Wildman–Crippen MR) is 61.2 cm³/mol. The molecular weight excluding hydrogens is 265 g/mol. The van der Waals surface area contributed by atoms with E-state index in [9.17, 15) is 22.0 Å². The SMILES string of the molecule is Nc1cc(F)cc(-c2ccc(F)cc2C(F)(F)F)c1. The Morgan fingerprint density at radius 1 is 0.842 bits per heavy atom. The van der Waals surface area contributed by atoms with Gasteiger partial charge in [-0.2, -0.15) is 13.2 Å². The maximum atomic E-state index is 13.2. The van der Waals surface area contributed by atoms with Crippen molar-refractivity contribution in [3.8, 4) is 11.1 Å². The molecule has 0 heterocycles. The van der Waals surface area contributed by atoms with Crippen molar-refractivity contribution in [1.82, 2.24) is 0 Å². The minimum atomic E-state index is -4.74. The molecule has 0 radical (unpaired) electrons. The average Bonchev–Trinajstić information content (AvgIpc) is 2.26. The van der Waals surface area contributed by atoms with E-state index in [4.69, 9.17) is 5.73 Å². The summed E-state index contributed by atoms with van der Waals surface area (Å²) in [6.45, 7) is 0. The van der Waals surface area contributed by atoms with Crippen LogP contribution in [0.3, 0.4) is 0 Å². The molecule has 6 heteroatoms. The molecule has 2 N–H and O–H groups in total. The molecule has 0 saturated carbocycles. The lowest BCUT2D eigenvalue weighted by molar-refractivity contribution is -0.137. The summed E-state index contributed by atoms with van der Waals surface area (Å²) in [5.74, 6) is -1.77. The summed E-state index contributed by atoms with van der Waals surface area (Å²) in [7, 11) is 0. The zero-order valence-corrected chi connectivity index (χ0v) is 9.43. The molecule has 1 nitrogen and oxygen atoms in total. The molecule has 0 saturated heterocycles. The van der Waals surface area contributed by atoms with Gasteiger partial charge < -0.3 is 5.73 Å². The van der Waals surface area contributed by atoms with Gasteiger partial charge in [-0.1, -0.05) is 6.07 Å². The highest BCUT2D eigenvalue weighted by Crippen LogP contribution is 2.38. The summed E-state index contributed by atoms with van der Waals surface area (Å²) in [5.41, 5.74) is 3.84. The molecule has 0 fully saturated rings. The third kappa shape index (κ3) is 2.83. The highest BCUT2D eigenvalue weighted by Gasteiger charge is 2.34. The van der Waals surface area contributed by atoms with Crippen LogP contribution in [0.2, 0.25) is 0 Å². The molecule has 19 heavy (non-hydrogen) atoms. The Morgan fingerprint density at radius 2 is 1.53 bits per heavy atom. The van der Waals surface area contributed by atoms with Gasteiger partial charge in [0.25, 0.3) is 0 Å². The van der Waals surface area contributed by atoms with Gasteiger partial charge in [0.05, 0.1) is 5.56 Å². The van der Waals surface area contributed by atoms with Crippen LogP contribution in [0.15, 0.2) is 36.4 Å². The smallest absolute Gasteiger partial charge is 0.399 e. The second-order valence-electron chi connectivity index (χ2n) is 3.96. The zero-order chi connectivity index (χ0) is 14.2. The fourth-order valence-corrected chi connectivity index (χ4v) is 1.77. The Labute approximate surface area is 105 Å². The van der Waals surface area contributed by atoms with Crippen LogP contribution in [0.4, 0.5) is 27.6 Å². The highest BCUT2D eigenvalue weighted by molar-refractivity contribution is 5.71. The van der Waals surface area contributed by atoms with Gasteiger partial charge in [-0.25, -0.2) is 8.78 Å². The standard InChI is InChI=1S/C13H8F5N/c14-8-1-2-11(12(6-8)13(16,17)18)7-3-9(15)5-10(19)4-7/h1-6H,19H2. The van der Waals surface area contributed by atoms with Crippen molar-refractivity contribution >= 4 is 5.69 Å². The molecule has 0 unspecified atom stereocenters. The first-order chi connectivity index (χ1) is 8.77. The minimum Gasteiger partial charge on any atom is -0.399 e. The van der Waals surface area contributed by atoms with Crippen molar-refractivity contribution in [1.29, 1.82) is 0 Å². The molecule has 0 aliphatic carbocycles. The van der Waals surface area contributed by atoms with Gasteiger partial charge >= 0.3 is 6.18 Å². The molecule has 0 aliphatic rings. The Morgan fingerprint density at radius 3 is 2.11 bits per heavy atom. The number of nitrogens with two attached hydrogens (primary N) is 1. The lowest BCUT2D eigenvalue weighted by atomic mass is 9.98. The van der Waals surface area contributed by atoms with E-state index in [1.807, 2.05) is 0 Å². The molecular formula is C13H8F5N. The third-order valence-electron chi connectivity index (χ3n) is 2.52. The number of hydrogen-bond acceptors (Lipinski definition) is 1. The number of halogens is 5. The first-order valence-corrected chi connectivity index (χ1v) is 5.20. The lowest BCUT2D eigenvalue weighted by Crippen LogP contribution is -2.08. The van der Waals surface area contributed by atoms with E-state index in [1.54, 1.807) is 0 Å². The van der Waals surface area contributed by atoms with Gasteiger partial charge in [0.15, 0.2) is 0 Å². The normalized spacial score (nSPS) is 11.6. The van der Waals surface area contributed by atoms with Gasteiger partial charge in [-0.3, -0.25) is 0 Å². The Bertz CT molecular complexity index is 599. The van der Waals surface area contributed by atoms with Crippen LogP contribution >= 0.6 is 0 Å². The van der Waals surface area contributed by atoms with Crippen LogP contribution in [0, 0.1) is 11.6 Å². The predicted octanol–water partition coefficient (Wildman–Crippen LogP) is 4.23. The third-order valence-corrected chi connectivity index (χ3v) is 2.52. The first kappa shape index (κ1) is 13.3. The van der Waals surface area contributed by atoms with Crippen LogP contribution < -0.4 is 5.73 Å². The van der Waals surface area contributed by atoms with E-state index in [-0.39, 0.29) is 16.8 Å². The number of hydrogen-bond donors (Lipinski definition) is 1. The van der Waals surface area contributed by atoms with E-state index in [1.165, 1.54) is 6.07 Å². The number of alkyl halides is 3. The van der Waals surface area contributed by atoms with Crippen LogP contribution in [-0.2, 0) is 6.18 Å². The van der Waals surface area contributed by atoms with Crippen LogP contribution in [0.5, 0.6) is 0 Å². The highest BCUT2D eigenvalue weighted by atomic mass is 19.4. The molecule has 0 bridgehead atoms. The van der Waals surface area contributed by atoms with Gasteiger partial charge in [-0.15, -0.1) is 0 Å². The van der Waals surface area contributed by atoms with E-state index in [0.29, 0.717) is 6.07 Å². The molecule has 0 spiro atoms. The van der Waals surface area contributed by atoms with Crippen LogP contribution in [-0.4, -0.2) is 0 Å². The lowest BCUT2D eigenvalue weighted by Gasteiger charge is -2.13. The Kier molecular flexibility index (Phi) is 3.18. The Hall–Kier alpha value is -2.11. The van der Waals surface area contributed by atoms with Crippen molar-refractivity contribution in [3.05, 3.63) is 53.6 Å². The average molecular weight is 273 g/mol. The number of anilines is 1. The van der Waals surface area contributed by atoms with Gasteiger partial charge in [0.2, 0.25) is 0 Å². The van der Waals surface area contributed by atoms with Crippen molar-refractivity contribution in [3.63, 3.8) is 0 Å². The molecule has 100 valence electrons. The summed E-state index contributed by atoms with van der Waals surface area (Å²) >= 11 is 0. The molecule has 0 aliphatic heterocycles. The second-order valence-corrected chi connectivity index (χ2v) is 3.96. The maximum Gasteiger partial charge on any atom is 0.417 e. The summed E-state index contributed by atoms with van der Waals surface area (Å²) in [6, 6.07) is 5.30. The van der Waals surface area contributed by atoms with Crippen molar-refractivity contribution in [2.75, 3.05) is 5.73 Å². The second kappa shape index (κ2) is 4.53. The molecule has 0 amide bonds. The van der Waals surface area contributed by atoms with Gasteiger partial charge in [0, 0.05) is 5.69 Å². The van der Waals surface area contributed by atoms with Crippen LogP contribution in [0.25, 0.3) is 11.1 Å². The minimum absolute atomic E-state index is 0.00699. The van der Waals surface area contributed by atoms with Gasteiger partial charge in [0.1, 0.15) is 11.6 Å². The summed E-state index contributed by atoms with van der Waals surface area (Å²) in [5, 5.41) is 0. The van der Waals surface area contributed by atoms with Gasteiger partial charge in [-0.05, 0) is 41.5 Å². The van der Waals surface area contributed by atoms with E-state index in [2.05, 4.69) is 0 Å². The topological polar surface area (TPSA) is 26.0 Å². The molecule has 0 aromatic heterocycles. The number of nitrogen functional groups attached to an aromatic ring is 1. The molecule has 2 aromatic carbocycles. The Balaban J connectivity index is 2.68. The van der Waals surface area contributed by atoms with E-state index >= 15 is 0 Å². The molecule has 2 aromatic rings. The monoisotopic (exact) mass is 273 g/mol. The fraction of sp³-hybridized carbons (Fsp3) is 0.0769. The number of benzene rings is 2. The summed E-state index contributed by atoms with van der Waals surface area (Å²) < 4.78 is 64.6. The molecule has 0 atom stereocenters. The van der Waals surface area contributed by atoms with Crippen molar-refractivity contribution in [2.24, 2.45) is 0 Å². The molecule has 2 rings (SSSR count). The quantitative estimate of drug-likeness (QED) is 0.610. The fourth-order valence-electron chi connectivity index (χ4n) is 1.77. The maximum absolute atomic E-state index is 13.2. The summed E-state index contributed by atoms with van der Waals surface area (Å²) in [6.07, 6.45) is -4.74. The first-order valence-electron chi connectivity index (χ1n) is 5.20.